The number of rotatable bonds is 6. The number of aromatic nitrogens is 1. The van der Waals surface area contributed by atoms with Gasteiger partial charge in [-0.1, -0.05) is 0 Å². The second-order valence-corrected chi connectivity index (χ2v) is 3.42. The lowest BCUT2D eigenvalue weighted by Crippen LogP contribution is -2.17. The summed E-state index contributed by atoms with van der Waals surface area (Å²) in [5.74, 6) is 0.630. The Morgan fingerprint density at radius 1 is 1.40 bits per heavy atom. The van der Waals surface area contributed by atoms with Crippen LogP contribution in [0.3, 0.4) is 0 Å². The van der Waals surface area contributed by atoms with Crippen LogP contribution in [-0.2, 0) is 4.74 Å². The van der Waals surface area contributed by atoms with E-state index in [1.165, 1.54) is 0 Å². The third kappa shape index (κ3) is 4.16. The smallest absolute Gasteiger partial charge is 0.213 e. The summed E-state index contributed by atoms with van der Waals surface area (Å²) in [5.41, 5.74) is 0.999. The second-order valence-electron chi connectivity index (χ2n) is 3.42. The first kappa shape index (κ1) is 11.8. The van der Waals surface area contributed by atoms with Crippen LogP contribution in [0.25, 0.3) is 0 Å². The van der Waals surface area contributed by atoms with Crippen molar-refractivity contribution in [2.45, 2.75) is 19.4 Å². The quantitative estimate of drug-likeness (QED) is 0.779. The number of methoxy groups -OCH3 is 2. The molecule has 0 radical (unpaired) electrons. The zero-order chi connectivity index (χ0) is 11.1. The molecule has 1 aromatic rings. The first-order valence-corrected chi connectivity index (χ1v) is 5.01. The summed E-state index contributed by atoms with van der Waals surface area (Å²) in [6.45, 7) is 2.88. The van der Waals surface area contributed by atoms with E-state index in [4.69, 9.17) is 9.47 Å². The Bertz CT molecular complexity index is 274. The summed E-state index contributed by atoms with van der Waals surface area (Å²) in [6.07, 6.45) is 2.74. The van der Waals surface area contributed by atoms with E-state index >= 15 is 0 Å². The van der Waals surface area contributed by atoms with Crippen molar-refractivity contribution in [3.63, 3.8) is 0 Å². The summed E-state index contributed by atoms with van der Waals surface area (Å²) in [6, 6.07) is 4.17. The number of pyridine rings is 1. The highest BCUT2D eigenvalue weighted by molar-refractivity contribution is 5.42. The van der Waals surface area contributed by atoms with Crippen molar-refractivity contribution < 1.29 is 9.47 Å². The molecule has 0 aliphatic rings. The van der Waals surface area contributed by atoms with Crippen LogP contribution >= 0.6 is 0 Å². The molecule has 4 heteroatoms. The van der Waals surface area contributed by atoms with Gasteiger partial charge in [-0.2, -0.15) is 0 Å². The van der Waals surface area contributed by atoms with Gasteiger partial charge in [0.2, 0.25) is 5.88 Å². The average Bonchev–Trinajstić information content (AvgIpc) is 2.27. The maximum absolute atomic E-state index is 5.01. The molecule has 0 amide bonds. The van der Waals surface area contributed by atoms with Gasteiger partial charge in [-0.15, -0.1) is 0 Å². The Morgan fingerprint density at radius 3 is 2.73 bits per heavy atom. The number of hydrogen-bond donors (Lipinski definition) is 1. The minimum atomic E-state index is 0.375. The Labute approximate surface area is 90.6 Å². The van der Waals surface area contributed by atoms with Gasteiger partial charge in [0.05, 0.1) is 19.0 Å². The van der Waals surface area contributed by atoms with Gasteiger partial charge in [-0.3, -0.25) is 0 Å². The second kappa shape index (κ2) is 6.24. The Kier molecular flexibility index (Phi) is 4.90. The Morgan fingerprint density at radius 2 is 2.20 bits per heavy atom. The molecule has 0 bridgehead atoms. The first-order valence-electron chi connectivity index (χ1n) is 5.01. The van der Waals surface area contributed by atoms with E-state index in [9.17, 15) is 0 Å². The van der Waals surface area contributed by atoms with Crippen molar-refractivity contribution in [2.75, 3.05) is 26.1 Å². The number of hydrogen-bond acceptors (Lipinski definition) is 4. The number of nitrogens with zero attached hydrogens (tertiary/aromatic N) is 1. The molecule has 1 aromatic heterocycles. The lowest BCUT2D eigenvalue weighted by molar-refractivity contribution is 0.191. The van der Waals surface area contributed by atoms with Gasteiger partial charge >= 0.3 is 0 Å². The Balaban J connectivity index is 2.42. The number of nitrogens with one attached hydrogen (secondary N) is 1. The zero-order valence-corrected chi connectivity index (χ0v) is 9.49. The van der Waals surface area contributed by atoms with Crippen LogP contribution in [-0.4, -0.2) is 31.9 Å². The molecule has 0 aliphatic heterocycles. The average molecular weight is 210 g/mol. The predicted molar refractivity (Wildman–Crippen MR) is 60.4 cm³/mol. The predicted octanol–water partition coefficient (Wildman–Crippen LogP) is 1.93. The number of anilines is 1. The minimum Gasteiger partial charge on any atom is -0.481 e. The van der Waals surface area contributed by atoms with Gasteiger partial charge < -0.3 is 14.8 Å². The molecule has 1 rings (SSSR count). The molecule has 84 valence electrons. The van der Waals surface area contributed by atoms with Gasteiger partial charge in [-0.25, -0.2) is 4.98 Å². The maximum Gasteiger partial charge on any atom is 0.213 e. The largest absolute Gasteiger partial charge is 0.481 e. The van der Waals surface area contributed by atoms with E-state index in [0.717, 1.165) is 18.7 Å². The maximum atomic E-state index is 5.01. The summed E-state index contributed by atoms with van der Waals surface area (Å²) in [7, 11) is 3.32. The van der Waals surface area contributed by atoms with Crippen LogP contribution in [0.5, 0.6) is 5.88 Å². The highest BCUT2D eigenvalue weighted by Gasteiger charge is 2.01. The van der Waals surface area contributed by atoms with Crippen LogP contribution in [0.15, 0.2) is 18.3 Å². The van der Waals surface area contributed by atoms with Crippen molar-refractivity contribution in [2.24, 2.45) is 0 Å². The molecular weight excluding hydrogens is 192 g/mol. The van der Waals surface area contributed by atoms with Crippen molar-refractivity contribution >= 4 is 5.69 Å². The van der Waals surface area contributed by atoms with Crippen LogP contribution in [0.4, 0.5) is 5.69 Å². The molecule has 4 nitrogen and oxygen atoms in total. The highest BCUT2D eigenvalue weighted by atomic mass is 16.5. The van der Waals surface area contributed by atoms with Crippen molar-refractivity contribution in [3.05, 3.63) is 18.3 Å². The third-order valence-electron chi connectivity index (χ3n) is 2.11. The van der Waals surface area contributed by atoms with E-state index in [-0.39, 0.29) is 0 Å². The van der Waals surface area contributed by atoms with Gasteiger partial charge in [0.25, 0.3) is 0 Å². The van der Waals surface area contributed by atoms with E-state index in [2.05, 4.69) is 17.2 Å². The molecule has 0 fully saturated rings. The van der Waals surface area contributed by atoms with Gasteiger partial charge in [-0.05, 0) is 19.4 Å². The molecule has 0 saturated heterocycles. The van der Waals surface area contributed by atoms with Crippen LogP contribution in [0.1, 0.15) is 13.3 Å². The molecule has 0 aromatic carbocycles. The monoisotopic (exact) mass is 210 g/mol. The topological polar surface area (TPSA) is 43.4 Å². The van der Waals surface area contributed by atoms with Crippen molar-refractivity contribution in [3.8, 4) is 5.88 Å². The summed E-state index contributed by atoms with van der Waals surface area (Å²) < 4.78 is 9.99. The molecule has 1 atom stereocenters. The lowest BCUT2D eigenvalue weighted by Gasteiger charge is -2.14. The highest BCUT2D eigenvalue weighted by Crippen LogP contribution is 2.12. The van der Waals surface area contributed by atoms with Crippen molar-refractivity contribution in [1.82, 2.24) is 4.98 Å². The minimum absolute atomic E-state index is 0.375. The normalized spacial score (nSPS) is 12.2. The molecular formula is C11H18N2O2. The molecule has 1 heterocycles. The standard InChI is InChI=1S/C11H18N2O2/c1-9(6-7-14-2)13-10-4-5-11(15-3)12-8-10/h4-5,8-9,13H,6-7H2,1-3H3. The molecule has 1 unspecified atom stereocenters. The third-order valence-corrected chi connectivity index (χ3v) is 2.11. The lowest BCUT2D eigenvalue weighted by atomic mass is 10.2. The molecule has 0 saturated carbocycles. The summed E-state index contributed by atoms with van der Waals surface area (Å²) in [4.78, 5) is 4.11. The van der Waals surface area contributed by atoms with Gasteiger partial charge in [0, 0.05) is 25.8 Å². The molecule has 1 N–H and O–H groups in total. The summed E-state index contributed by atoms with van der Waals surface area (Å²) in [5, 5.41) is 3.33. The van der Waals surface area contributed by atoms with E-state index in [1.54, 1.807) is 20.4 Å². The molecule has 15 heavy (non-hydrogen) atoms. The van der Waals surface area contributed by atoms with Crippen molar-refractivity contribution in [1.29, 1.82) is 0 Å². The number of ether oxygens (including phenoxy) is 2. The molecule has 0 spiro atoms. The Hall–Kier alpha value is -1.29. The fourth-order valence-electron chi connectivity index (χ4n) is 1.24. The van der Waals surface area contributed by atoms with Gasteiger partial charge in [0.1, 0.15) is 0 Å². The first-order chi connectivity index (χ1) is 7.26. The fourth-order valence-corrected chi connectivity index (χ4v) is 1.24. The van der Waals surface area contributed by atoms with E-state index in [1.807, 2.05) is 12.1 Å². The van der Waals surface area contributed by atoms with E-state index < -0.39 is 0 Å². The van der Waals surface area contributed by atoms with Crippen LogP contribution < -0.4 is 10.1 Å². The van der Waals surface area contributed by atoms with Crippen LogP contribution in [0.2, 0.25) is 0 Å². The molecule has 0 aliphatic carbocycles. The SMILES string of the molecule is COCCC(C)Nc1ccc(OC)nc1. The summed E-state index contributed by atoms with van der Waals surface area (Å²) >= 11 is 0. The van der Waals surface area contributed by atoms with Gasteiger partial charge in [0.15, 0.2) is 0 Å². The zero-order valence-electron chi connectivity index (χ0n) is 9.49. The fraction of sp³-hybridized carbons (Fsp3) is 0.545. The van der Waals surface area contributed by atoms with Crippen LogP contribution in [0, 0.1) is 0 Å². The van der Waals surface area contributed by atoms with E-state index in [0.29, 0.717) is 11.9 Å².